The maximum absolute atomic E-state index is 9.70. The third kappa shape index (κ3) is 2.69. The fraction of sp³-hybridized carbons (Fsp3) is 0.400. The molecule has 0 spiro atoms. The van der Waals surface area contributed by atoms with Gasteiger partial charge in [-0.05, 0) is 39.9 Å². The van der Waals surface area contributed by atoms with E-state index in [2.05, 4.69) is 29.8 Å². The average molecular weight is 260 g/mol. The molecule has 13 heavy (non-hydrogen) atoms. The van der Waals surface area contributed by atoms with Gasteiger partial charge in [0.05, 0.1) is 4.47 Å². The number of phenols is 1. The van der Waals surface area contributed by atoms with E-state index in [9.17, 15) is 5.11 Å². The zero-order valence-corrected chi connectivity index (χ0v) is 10.5. The molecule has 0 aliphatic carbocycles. The summed E-state index contributed by atoms with van der Waals surface area (Å²) < 4.78 is 0.814. The standard InChI is InChI=1S/C10H13BrO.P/c1-6(2)8-5-4-7(3)9(11)10(8)12;/h4-6,12H,1-3H3;. The number of hydrogen-bond acceptors (Lipinski definition) is 1. The smallest absolute Gasteiger partial charge is 0.133 e. The van der Waals surface area contributed by atoms with Gasteiger partial charge in [0.25, 0.3) is 0 Å². The van der Waals surface area contributed by atoms with E-state index in [1.54, 1.807) is 0 Å². The summed E-state index contributed by atoms with van der Waals surface area (Å²) in [5, 5.41) is 9.70. The Morgan fingerprint density at radius 2 is 1.85 bits per heavy atom. The van der Waals surface area contributed by atoms with Crippen LogP contribution in [0.4, 0.5) is 0 Å². The zero-order valence-electron chi connectivity index (χ0n) is 8.00. The molecule has 0 unspecified atom stereocenters. The van der Waals surface area contributed by atoms with E-state index in [-0.39, 0.29) is 9.90 Å². The van der Waals surface area contributed by atoms with Gasteiger partial charge in [0, 0.05) is 9.90 Å². The van der Waals surface area contributed by atoms with Gasteiger partial charge >= 0.3 is 0 Å². The van der Waals surface area contributed by atoms with Crippen molar-refractivity contribution in [1.29, 1.82) is 0 Å². The van der Waals surface area contributed by atoms with Gasteiger partial charge in [0.2, 0.25) is 0 Å². The first-order valence-electron chi connectivity index (χ1n) is 4.02. The lowest BCUT2D eigenvalue weighted by Crippen LogP contribution is -1.89. The number of aromatic hydroxyl groups is 1. The number of halogens is 1. The van der Waals surface area contributed by atoms with Gasteiger partial charge in [-0.1, -0.05) is 26.0 Å². The monoisotopic (exact) mass is 259 g/mol. The third-order valence-electron chi connectivity index (χ3n) is 1.96. The van der Waals surface area contributed by atoms with Crippen LogP contribution >= 0.6 is 25.8 Å². The number of benzene rings is 1. The normalized spacial score (nSPS) is 9.92. The number of aryl methyl sites for hydroxylation is 1. The highest BCUT2D eigenvalue weighted by Crippen LogP contribution is 2.34. The first-order chi connectivity index (χ1) is 5.54. The van der Waals surface area contributed by atoms with Crippen LogP contribution in [0.1, 0.15) is 30.9 Å². The summed E-state index contributed by atoms with van der Waals surface area (Å²) in [4.78, 5) is 0. The minimum absolute atomic E-state index is 0. The molecule has 1 aromatic carbocycles. The molecule has 0 aliphatic heterocycles. The molecule has 3 heteroatoms. The predicted molar refractivity (Wildman–Crippen MR) is 61.6 cm³/mol. The summed E-state index contributed by atoms with van der Waals surface area (Å²) in [7, 11) is 0. The molecule has 71 valence electrons. The molecule has 0 heterocycles. The highest BCUT2D eigenvalue weighted by Gasteiger charge is 2.09. The summed E-state index contributed by atoms with van der Waals surface area (Å²) in [5.74, 6) is 0.742. The first kappa shape index (κ1) is 12.9. The van der Waals surface area contributed by atoms with Gasteiger partial charge in [-0.2, -0.15) is 0 Å². The Morgan fingerprint density at radius 1 is 1.31 bits per heavy atom. The molecule has 0 atom stereocenters. The Kier molecular flexibility index (Phi) is 4.95. The average Bonchev–Trinajstić information content (AvgIpc) is 2.00. The molecule has 1 aromatic rings. The quantitative estimate of drug-likeness (QED) is 0.739. The van der Waals surface area contributed by atoms with E-state index in [1.807, 2.05) is 19.1 Å². The summed E-state index contributed by atoms with van der Waals surface area (Å²) in [6, 6.07) is 3.99. The summed E-state index contributed by atoms with van der Waals surface area (Å²) in [6.45, 7) is 6.10. The van der Waals surface area contributed by atoms with Crippen LogP contribution < -0.4 is 0 Å². The van der Waals surface area contributed by atoms with Crippen LogP contribution in [0.5, 0.6) is 5.75 Å². The van der Waals surface area contributed by atoms with Crippen molar-refractivity contribution in [2.45, 2.75) is 26.7 Å². The Balaban J connectivity index is 0.00000144. The Labute approximate surface area is 91.3 Å². The Hall–Kier alpha value is -0.0700. The molecule has 0 bridgehead atoms. The van der Waals surface area contributed by atoms with Gasteiger partial charge in [-0.15, -0.1) is 0 Å². The van der Waals surface area contributed by atoms with E-state index in [4.69, 9.17) is 0 Å². The van der Waals surface area contributed by atoms with Crippen LogP contribution in [0.3, 0.4) is 0 Å². The number of phenolic OH excluding ortho intramolecular Hbond substituents is 1. The molecule has 0 aromatic heterocycles. The van der Waals surface area contributed by atoms with Gasteiger partial charge in [-0.3, -0.25) is 0 Å². The van der Waals surface area contributed by atoms with Gasteiger partial charge in [0.1, 0.15) is 5.75 Å². The summed E-state index contributed by atoms with van der Waals surface area (Å²) in [5.41, 5.74) is 2.06. The highest BCUT2D eigenvalue weighted by atomic mass is 79.9. The Morgan fingerprint density at radius 3 is 2.31 bits per heavy atom. The predicted octanol–water partition coefficient (Wildman–Crippen LogP) is 4.45. The lowest BCUT2D eigenvalue weighted by Gasteiger charge is -2.10. The topological polar surface area (TPSA) is 20.2 Å². The minimum Gasteiger partial charge on any atom is -0.506 e. The van der Waals surface area contributed by atoms with Gasteiger partial charge in [-0.25, -0.2) is 0 Å². The van der Waals surface area contributed by atoms with Crippen molar-refractivity contribution in [2.75, 3.05) is 0 Å². The van der Waals surface area contributed by atoms with Crippen LogP contribution in [0.15, 0.2) is 16.6 Å². The largest absolute Gasteiger partial charge is 0.506 e. The molecule has 3 radical (unpaired) electrons. The molecule has 0 amide bonds. The van der Waals surface area contributed by atoms with Gasteiger partial charge < -0.3 is 5.11 Å². The van der Waals surface area contributed by atoms with E-state index in [1.165, 1.54) is 0 Å². The van der Waals surface area contributed by atoms with Crippen molar-refractivity contribution in [3.63, 3.8) is 0 Å². The molecule has 0 fully saturated rings. The molecule has 1 N–H and O–H groups in total. The fourth-order valence-electron chi connectivity index (χ4n) is 1.15. The second kappa shape index (κ2) is 4.97. The van der Waals surface area contributed by atoms with Crippen molar-refractivity contribution in [2.24, 2.45) is 0 Å². The maximum atomic E-state index is 9.70. The SMILES string of the molecule is Cc1ccc(C(C)C)c(O)c1Br.[P]. The first-order valence-corrected chi connectivity index (χ1v) is 4.81. The van der Waals surface area contributed by atoms with Crippen molar-refractivity contribution >= 4 is 25.8 Å². The lowest BCUT2D eigenvalue weighted by atomic mass is 10.0. The van der Waals surface area contributed by atoms with E-state index < -0.39 is 0 Å². The second-order valence-corrected chi connectivity index (χ2v) is 4.08. The molecular weight excluding hydrogens is 247 g/mol. The molecule has 0 aliphatic rings. The fourth-order valence-corrected chi connectivity index (χ4v) is 1.51. The highest BCUT2D eigenvalue weighted by molar-refractivity contribution is 9.10. The van der Waals surface area contributed by atoms with E-state index in [0.29, 0.717) is 11.7 Å². The van der Waals surface area contributed by atoms with Crippen LogP contribution in [0, 0.1) is 6.92 Å². The maximum Gasteiger partial charge on any atom is 0.133 e. The van der Waals surface area contributed by atoms with Crippen molar-refractivity contribution < 1.29 is 5.11 Å². The summed E-state index contributed by atoms with van der Waals surface area (Å²) >= 11 is 3.35. The molecule has 1 rings (SSSR count). The van der Waals surface area contributed by atoms with E-state index >= 15 is 0 Å². The minimum atomic E-state index is 0. The Bertz CT molecular complexity index is 297. The van der Waals surface area contributed by atoms with E-state index in [0.717, 1.165) is 15.6 Å². The van der Waals surface area contributed by atoms with Crippen molar-refractivity contribution in [3.8, 4) is 5.75 Å². The summed E-state index contributed by atoms with van der Waals surface area (Å²) in [6.07, 6.45) is 0. The van der Waals surface area contributed by atoms with Gasteiger partial charge in [0.15, 0.2) is 0 Å². The van der Waals surface area contributed by atoms with Crippen LogP contribution in [-0.2, 0) is 0 Å². The molecule has 0 saturated carbocycles. The van der Waals surface area contributed by atoms with Crippen LogP contribution in [0.2, 0.25) is 0 Å². The molecule has 0 saturated heterocycles. The third-order valence-corrected chi connectivity index (χ3v) is 2.96. The van der Waals surface area contributed by atoms with Crippen LogP contribution in [-0.4, -0.2) is 5.11 Å². The van der Waals surface area contributed by atoms with Crippen molar-refractivity contribution in [1.82, 2.24) is 0 Å². The molecule has 1 nitrogen and oxygen atoms in total. The molecular formula is C10H13BrOP. The lowest BCUT2D eigenvalue weighted by molar-refractivity contribution is 0.461. The number of hydrogen-bond donors (Lipinski definition) is 1. The zero-order chi connectivity index (χ0) is 9.30. The van der Waals surface area contributed by atoms with Crippen molar-refractivity contribution in [3.05, 3.63) is 27.7 Å². The van der Waals surface area contributed by atoms with Crippen LogP contribution in [0.25, 0.3) is 0 Å². The second-order valence-electron chi connectivity index (χ2n) is 3.29. The number of rotatable bonds is 1.